The van der Waals surface area contributed by atoms with E-state index in [1.165, 1.54) is 25.9 Å². The van der Waals surface area contributed by atoms with E-state index in [9.17, 15) is 0 Å². The van der Waals surface area contributed by atoms with Crippen LogP contribution in [0.4, 0.5) is 0 Å². The highest BCUT2D eigenvalue weighted by atomic mass is 16.5. The molecule has 0 aromatic rings. The van der Waals surface area contributed by atoms with Crippen molar-refractivity contribution in [2.45, 2.75) is 25.0 Å². The number of rotatable bonds is 0. The number of nitrogens with zero attached hydrogens (tertiary/aromatic N) is 1. The largest absolute Gasteiger partial charge is 0.374 e. The first kappa shape index (κ1) is 6.44. The molecule has 0 amide bonds. The Labute approximate surface area is 67.5 Å². The molecule has 11 heavy (non-hydrogen) atoms. The SMILES string of the molecule is CN1C[C@@H]2[C@@H](C1)[C@H]1CC[C@@H]2O1. The van der Waals surface area contributed by atoms with Crippen molar-refractivity contribution >= 4 is 0 Å². The average Bonchev–Trinajstić information content (AvgIpc) is 2.53. The zero-order chi connectivity index (χ0) is 7.42. The molecule has 0 saturated carbocycles. The van der Waals surface area contributed by atoms with Gasteiger partial charge in [-0.25, -0.2) is 0 Å². The summed E-state index contributed by atoms with van der Waals surface area (Å²) in [6.07, 6.45) is 3.93. The quantitative estimate of drug-likeness (QED) is 0.508. The Kier molecular flexibility index (Phi) is 1.16. The molecule has 0 unspecified atom stereocenters. The van der Waals surface area contributed by atoms with Crippen LogP contribution in [0.1, 0.15) is 12.8 Å². The van der Waals surface area contributed by atoms with Gasteiger partial charge >= 0.3 is 0 Å². The minimum atomic E-state index is 0.634. The molecule has 0 spiro atoms. The molecule has 2 bridgehead atoms. The Bertz CT molecular complexity index is 164. The number of fused-ring (bicyclic) bond motifs is 5. The van der Waals surface area contributed by atoms with Crippen LogP contribution in [0.3, 0.4) is 0 Å². The summed E-state index contributed by atoms with van der Waals surface area (Å²) in [5.41, 5.74) is 0. The van der Waals surface area contributed by atoms with E-state index in [0.717, 1.165) is 11.8 Å². The van der Waals surface area contributed by atoms with Crippen LogP contribution >= 0.6 is 0 Å². The number of hydrogen-bond donors (Lipinski definition) is 0. The summed E-state index contributed by atoms with van der Waals surface area (Å²) in [6, 6.07) is 0. The van der Waals surface area contributed by atoms with Gasteiger partial charge in [0, 0.05) is 24.9 Å². The van der Waals surface area contributed by atoms with E-state index in [2.05, 4.69) is 11.9 Å². The third kappa shape index (κ3) is 0.744. The summed E-state index contributed by atoms with van der Waals surface area (Å²) in [5, 5.41) is 0. The minimum absolute atomic E-state index is 0.634. The second kappa shape index (κ2) is 1.99. The number of likely N-dealkylation sites (tertiary alicyclic amines) is 1. The predicted octanol–water partition coefficient (Wildman–Crippen LogP) is 0.725. The molecule has 4 atom stereocenters. The number of hydrogen-bond acceptors (Lipinski definition) is 2. The molecule has 3 aliphatic rings. The first-order valence-electron chi connectivity index (χ1n) is 4.68. The molecule has 3 saturated heterocycles. The molecule has 2 heteroatoms. The highest BCUT2D eigenvalue weighted by Gasteiger charge is 2.52. The van der Waals surface area contributed by atoms with Gasteiger partial charge in [-0.2, -0.15) is 0 Å². The normalized spacial score (nSPS) is 55.4. The van der Waals surface area contributed by atoms with E-state index in [0.29, 0.717) is 12.2 Å². The van der Waals surface area contributed by atoms with Gasteiger partial charge in [-0.3, -0.25) is 0 Å². The summed E-state index contributed by atoms with van der Waals surface area (Å²) < 4.78 is 5.86. The number of ether oxygens (including phenoxy) is 1. The van der Waals surface area contributed by atoms with Crippen LogP contribution in [-0.2, 0) is 4.74 Å². The zero-order valence-electron chi connectivity index (χ0n) is 6.99. The lowest BCUT2D eigenvalue weighted by Gasteiger charge is -2.18. The van der Waals surface area contributed by atoms with Crippen molar-refractivity contribution in [1.29, 1.82) is 0 Å². The van der Waals surface area contributed by atoms with Crippen molar-refractivity contribution in [3.05, 3.63) is 0 Å². The first-order chi connectivity index (χ1) is 5.34. The lowest BCUT2D eigenvalue weighted by molar-refractivity contribution is 0.0735. The fourth-order valence-electron chi connectivity index (χ4n) is 3.17. The van der Waals surface area contributed by atoms with E-state index >= 15 is 0 Å². The summed E-state index contributed by atoms with van der Waals surface area (Å²) in [6.45, 7) is 2.57. The van der Waals surface area contributed by atoms with Gasteiger partial charge in [0.05, 0.1) is 12.2 Å². The van der Waals surface area contributed by atoms with Crippen LogP contribution in [0.15, 0.2) is 0 Å². The van der Waals surface area contributed by atoms with E-state index < -0.39 is 0 Å². The molecule has 0 aromatic carbocycles. The van der Waals surface area contributed by atoms with Gasteiger partial charge in [0.15, 0.2) is 0 Å². The van der Waals surface area contributed by atoms with Gasteiger partial charge in [-0.05, 0) is 19.9 Å². The second-order valence-corrected chi connectivity index (χ2v) is 4.34. The van der Waals surface area contributed by atoms with Crippen LogP contribution in [0.5, 0.6) is 0 Å². The zero-order valence-corrected chi connectivity index (χ0v) is 6.99. The van der Waals surface area contributed by atoms with Crippen molar-refractivity contribution in [2.24, 2.45) is 11.8 Å². The maximum Gasteiger partial charge on any atom is 0.0624 e. The van der Waals surface area contributed by atoms with Crippen molar-refractivity contribution < 1.29 is 4.74 Å². The second-order valence-electron chi connectivity index (χ2n) is 4.34. The standard InChI is InChI=1S/C9H15NO/c1-10-4-6-7(5-10)9-3-2-8(6)11-9/h6-9H,2-5H2,1H3/t6-,7-,8-,9+/m1/s1. The molecule has 3 heterocycles. The van der Waals surface area contributed by atoms with Crippen LogP contribution in [0, 0.1) is 11.8 Å². The van der Waals surface area contributed by atoms with Crippen molar-refractivity contribution in [3.63, 3.8) is 0 Å². The monoisotopic (exact) mass is 153 g/mol. The topological polar surface area (TPSA) is 12.5 Å². The Morgan fingerprint density at radius 2 is 1.64 bits per heavy atom. The lowest BCUT2D eigenvalue weighted by atomic mass is 9.82. The van der Waals surface area contributed by atoms with Crippen LogP contribution in [0.25, 0.3) is 0 Å². The molecule has 3 fully saturated rings. The Balaban J connectivity index is 1.87. The van der Waals surface area contributed by atoms with Crippen LogP contribution in [0.2, 0.25) is 0 Å². The summed E-state index contributed by atoms with van der Waals surface area (Å²) >= 11 is 0. The summed E-state index contributed by atoms with van der Waals surface area (Å²) in [4.78, 5) is 2.46. The molecule has 3 aliphatic heterocycles. The molecule has 2 nitrogen and oxygen atoms in total. The van der Waals surface area contributed by atoms with Gasteiger partial charge in [0.2, 0.25) is 0 Å². The minimum Gasteiger partial charge on any atom is -0.374 e. The molecule has 3 rings (SSSR count). The Hall–Kier alpha value is -0.0800. The lowest BCUT2D eigenvalue weighted by Crippen LogP contribution is -2.24. The fraction of sp³-hybridized carbons (Fsp3) is 1.00. The molecule has 0 radical (unpaired) electrons. The Morgan fingerprint density at radius 3 is 2.18 bits per heavy atom. The third-order valence-corrected chi connectivity index (χ3v) is 3.64. The summed E-state index contributed by atoms with van der Waals surface area (Å²) in [7, 11) is 2.23. The van der Waals surface area contributed by atoms with E-state index in [1.807, 2.05) is 0 Å². The van der Waals surface area contributed by atoms with Gasteiger partial charge in [-0.1, -0.05) is 0 Å². The Morgan fingerprint density at radius 1 is 1.09 bits per heavy atom. The fourth-order valence-corrected chi connectivity index (χ4v) is 3.17. The van der Waals surface area contributed by atoms with E-state index in [4.69, 9.17) is 4.74 Å². The van der Waals surface area contributed by atoms with Crippen molar-refractivity contribution in [1.82, 2.24) is 4.90 Å². The van der Waals surface area contributed by atoms with Crippen LogP contribution < -0.4 is 0 Å². The summed E-state index contributed by atoms with van der Waals surface area (Å²) in [5.74, 6) is 1.78. The molecule has 0 aliphatic carbocycles. The van der Waals surface area contributed by atoms with Crippen molar-refractivity contribution in [3.8, 4) is 0 Å². The molecule has 0 N–H and O–H groups in total. The van der Waals surface area contributed by atoms with Crippen molar-refractivity contribution in [2.75, 3.05) is 20.1 Å². The first-order valence-corrected chi connectivity index (χ1v) is 4.68. The van der Waals surface area contributed by atoms with Gasteiger partial charge < -0.3 is 9.64 Å². The van der Waals surface area contributed by atoms with E-state index in [1.54, 1.807) is 0 Å². The van der Waals surface area contributed by atoms with Gasteiger partial charge in [0.25, 0.3) is 0 Å². The maximum atomic E-state index is 5.86. The smallest absolute Gasteiger partial charge is 0.0624 e. The molecular weight excluding hydrogens is 138 g/mol. The average molecular weight is 153 g/mol. The maximum absolute atomic E-state index is 5.86. The van der Waals surface area contributed by atoms with E-state index in [-0.39, 0.29) is 0 Å². The third-order valence-electron chi connectivity index (χ3n) is 3.64. The molecular formula is C9H15NO. The van der Waals surface area contributed by atoms with Crippen LogP contribution in [-0.4, -0.2) is 37.2 Å². The molecule has 0 aromatic heterocycles. The van der Waals surface area contributed by atoms with Gasteiger partial charge in [-0.15, -0.1) is 0 Å². The predicted molar refractivity (Wildman–Crippen MR) is 42.4 cm³/mol. The highest BCUT2D eigenvalue weighted by Crippen LogP contribution is 2.46. The van der Waals surface area contributed by atoms with Gasteiger partial charge in [0.1, 0.15) is 0 Å². The highest BCUT2D eigenvalue weighted by molar-refractivity contribution is 5.01. The molecule has 62 valence electrons.